The Balaban J connectivity index is 3.45. The lowest BCUT2D eigenvalue weighted by molar-refractivity contribution is -0.128. The quantitative estimate of drug-likeness (QED) is 0.493. The molecule has 2 amide bonds. The van der Waals surface area contributed by atoms with Gasteiger partial charge in [0.05, 0.1) is 6.54 Å². The van der Waals surface area contributed by atoms with Crippen molar-refractivity contribution >= 4 is 11.8 Å². The van der Waals surface area contributed by atoms with Crippen molar-refractivity contribution in [2.45, 2.75) is 6.92 Å². The van der Waals surface area contributed by atoms with E-state index >= 15 is 0 Å². The number of nitrogens with zero attached hydrogens (tertiary/aromatic N) is 1. The van der Waals surface area contributed by atoms with Crippen LogP contribution in [0.4, 0.5) is 0 Å². The van der Waals surface area contributed by atoms with Crippen molar-refractivity contribution in [1.29, 1.82) is 0 Å². The number of nitrogens with one attached hydrogen (secondary N) is 2. The van der Waals surface area contributed by atoms with Gasteiger partial charge in [0.2, 0.25) is 5.91 Å². The second-order valence-corrected chi connectivity index (χ2v) is 2.47. The van der Waals surface area contributed by atoms with Crippen molar-refractivity contribution in [3.63, 3.8) is 0 Å². The van der Waals surface area contributed by atoms with Crippen LogP contribution in [0, 0.1) is 0 Å². The first-order valence-corrected chi connectivity index (χ1v) is 3.22. The van der Waals surface area contributed by atoms with Gasteiger partial charge in [-0.3, -0.25) is 20.4 Å². The molecule has 2 N–H and O–H groups in total. The van der Waals surface area contributed by atoms with E-state index in [1.165, 1.54) is 6.92 Å². The van der Waals surface area contributed by atoms with Crippen LogP contribution in [0.15, 0.2) is 0 Å². The summed E-state index contributed by atoms with van der Waals surface area (Å²) < 4.78 is 0. The van der Waals surface area contributed by atoms with Gasteiger partial charge < -0.3 is 4.90 Å². The number of hydrazine groups is 1. The van der Waals surface area contributed by atoms with Gasteiger partial charge in [-0.05, 0) is 14.1 Å². The zero-order valence-corrected chi connectivity index (χ0v) is 6.97. The Morgan fingerprint density at radius 3 is 2.18 bits per heavy atom. The van der Waals surface area contributed by atoms with Crippen molar-refractivity contribution in [1.82, 2.24) is 15.8 Å². The molecule has 64 valence electrons. The summed E-state index contributed by atoms with van der Waals surface area (Å²) in [5.41, 5.74) is 4.42. The Kier molecular flexibility index (Phi) is 4.21. The van der Waals surface area contributed by atoms with Gasteiger partial charge in [-0.1, -0.05) is 0 Å². The molecule has 0 bridgehead atoms. The second-order valence-electron chi connectivity index (χ2n) is 2.47. The highest BCUT2D eigenvalue weighted by Crippen LogP contribution is 1.71. The molecule has 0 aromatic rings. The van der Waals surface area contributed by atoms with Crippen LogP contribution in [0.25, 0.3) is 0 Å². The first kappa shape index (κ1) is 9.90. The third-order valence-electron chi connectivity index (χ3n) is 0.838. The average molecular weight is 159 g/mol. The maximum Gasteiger partial charge on any atom is 0.252 e. The SMILES string of the molecule is CC(=O)NNC(=O)CN(C)C. The maximum atomic E-state index is 10.8. The van der Waals surface area contributed by atoms with Crippen LogP contribution < -0.4 is 10.9 Å². The normalized spacial score (nSPS) is 9.45. The van der Waals surface area contributed by atoms with Crippen LogP contribution in [0.3, 0.4) is 0 Å². The number of carbonyl (C=O) groups excluding carboxylic acids is 2. The number of rotatable bonds is 2. The van der Waals surface area contributed by atoms with Crippen LogP contribution in [0.5, 0.6) is 0 Å². The molecule has 0 spiro atoms. The van der Waals surface area contributed by atoms with Crippen molar-refractivity contribution in [2.75, 3.05) is 20.6 Å². The summed E-state index contributed by atoms with van der Waals surface area (Å²) in [6.45, 7) is 1.59. The Bertz CT molecular complexity index is 156. The van der Waals surface area contributed by atoms with E-state index in [9.17, 15) is 9.59 Å². The van der Waals surface area contributed by atoms with Gasteiger partial charge >= 0.3 is 0 Å². The third kappa shape index (κ3) is 6.79. The van der Waals surface area contributed by atoms with E-state index in [0.717, 1.165) is 0 Å². The summed E-state index contributed by atoms with van der Waals surface area (Å²) in [4.78, 5) is 22.8. The maximum absolute atomic E-state index is 10.8. The Morgan fingerprint density at radius 1 is 1.27 bits per heavy atom. The predicted molar refractivity (Wildman–Crippen MR) is 40.5 cm³/mol. The summed E-state index contributed by atoms with van der Waals surface area (Å²) in [6.07, 6.45) is 0. The van der Waals surface area contributed by atoms with E-state index < -0.39 is 0 Å². The molecular formula is C6H13N3O2. The lowest BCUT2D eigenvalue weighted by Gasteiger charge is -2.09. The van der Waals surface area contributed by atoms with E-state index in [1.807, 2.05) is 0 Å². The standard InChI is InChI=1S/C6H13N3O2/c1-5(10)7-8-6(11)4-9(2)3/h4H2,1-3H3,(H,7,10)(H,8,11). The van der Waals surface area contributed by atoms with Gasteiger partial charge in [0.1, 0.15) is 0 Å². The van der Waals surface area contributed by atoms with Gasteiger partial charge in [-0.15, -0.1) is 0 Å². The molecule has 0 fully saturated rings. The minimum Gasteiger partial charge on any atom is -0.301 e. The smallest absolute Gasteiger partial charge is 0.252 e. The monoisotopic (exact) mass is 159 g/mol. The second kappa shape index (κ2) is 4.68. The fraction of sp³-hybridized carbons (Fsp3) is 0.667. The molecule has 11 heavy (non-hydrogen) atoms. The number of hydrogen-bond acceptors (Lipinski definition) is 3. The molecule has 0 saturated carbocycles. The molecule has 0 aliphatic rings. The van der Waals surface area contributed by atoms with Crippen molar-refractivity contribution in [2.24, 2.45) is 0 Å². The molecule has 0 heterocycles. The summed E-state index contributed by atoms with van der Waals surface area (Å²) in [5, 5.41) is 0. The van der Waals surface area contributed by atoms with E-state index in [0.29, 0.717) is 0 Å². The van der Waals surface area contributed by atoms with E-state index in [4.69, 9.17) is 0 Å². The van der Waals surface area contributed by atoms with Crippen LogP contribution in [-0.2, 0) is 9.59 Å². The zero-order chi connectivity index (χ0) is 8.85. The molecular weight excluding hydrogens is 146 g/mol. The molecule has 0 rings (SSSR count). The predicted octanol–water partition coefficient (Wildman–Crippen LogP) is -1.28. The van der Waals surface area contributed by atoms with Gasteiger partial charge in [0.25, 0.3) is 5.91 Å². The van der Waals surface area contributed by atoms with Crippen molar-refractivity contribution in [3.8, 4) is 0 Å². The lowest BCUT2D eigenvalue weighted by atomic mass is 10.6. The van der Waals surface area contributed by atoms with Gasteiger partial charge in [0, 0.05) is 6.92 Å². The number of carbonyl (C=O) groups is 2. The molecule has 0 unspecified atom stereocenters. The highest BCUT2D eigenvalue weighted by atomic mass is 16.2. The molecule has 0 radical (unpaired) electrons. The average Bonchev–Trinajstić information content (AvgIpc) is 1.82. The third-order valence-corrected chi connectivity index (χ3v) is 0.838. The Hall–Kier alpha value is -1.10. The molecule has 0 saturated heterocycles. The largest absolute Gasteiger partial charge is 0.301 e. The molecule has 0 aliphatic carbocycles. The lowest BCUT2D eigenvalue weighted by Crippen LogP contribution is -2.44. The Morgan fingerprint density at radius 2 is 1.82 bits per heavy atom. The zero-order valence-electron chi connectivity index (χ0n) is 6.97. The van der Waals surface area contributed by atoms with Crippen LogP contribution in [0.2, 0.25) is 0 Å². The summed E-state index contributed by atoms with van der Waals surface area (Å²) in [6, 6.07) is 0. The minimum absolute atomic E-state index is 0.231. The topological polar surface area (TPSA) is 61.4 Å². The van der Waals surface area contributed by atoms with Crippen LogP contribution in [-0.4, -0.2) is 37.4 Å². The van der Waals surface area contributed by atoms with Crippen molar-refractivity contribution in [3.05, 3.63) is 0 Å². The minimum atomic E-state index is -0.280. The van der Waals surface area contributed by atoms with Gasteiger partial charge in [-0.2, -0.15) is 0 Å². The van der Waals surface area contributed by atoms with Crippen LogP contribution in [0.1, 0.15) is 6.92 Å². The van der Waals surface area contributed by atoms with E-state index in [2.05, 4.69) is 10.9 Å². The highest BCUT2D eigenvalue weighted by molar-refractivity contribution is 5.81. The molecule has 0 aromatic carbocycles. The van der Waals surface area contributed by atoms with E-state index in [-0.39, 0.29) is 18.4 Å². The number of amides is 2. The highest BCUT2D eigenvalue weighted by Gasteiger charge is 2.01. The number of likely N-dealkylation sites (N-methyl/N-ethyl adjacent to an activating group) is 1. The van der Waals surface area contributed by atoms with Crippen molar-refractivity contribution < 1.29 is 9.59 Å². The first-order valence-electron chi connectivity index (χ1n) is 3.22. The first-order chi connectivity index (χ1) is 5.02. The Labute approximate surface area is 65.7 Å². The molecule has 5 heteroatoms. The van der Waals surface area contributed by atoms with E-state index in [1.54, 1.807) is 19.0 Å². The summed E-state index contributed by atoms with van der Waals surface area (Å²) in [5.74, 6) is -0.512. The summed E-state index contributed by atoms with van der Waals surface area (Å²) >= 11 is 0. The molecule has 0 aliphatic heterocycles. The fourth-order valence-electron chi connectivity index (χ4n) is 0.484. The fourth-order valence-corrected chi connectivity index (χ4v) is 0.484. The number of hydrogen-bond donors (Lipinski definition) is 2. The van der Waals surface area contributed by atoms with Gasteiger partial charge in [0.15, 0.2) is 0 Å². The molecule has 0 aromatic heterocycles. The van der Waals surface area contributed by atoms with Gasteiger partial charge in [-0.25, -0.2) is 0 Å². The summed E-state index contributed by atoms with van der Waals surface area (Å²) in [7, 11) is 3.54. The molecule has 5 nitrogen and oxygen atoms in total. The molecule has 0 atom stereocenters. The van der Waals surface area contributed by atoms with Crippen LogP contribution >= 0.6 is 0 Å².